The molecule has 1 saturated heterocycles. The highest BCUT2D eigenvalue weighted by Crippen LogP contribution is 2.37. The van der Waals surface area contributed by atoms with Crippen molar-refractivity contribution in [3.8, 4) is 0 Å². The van der Waals surface area contributed by atoms with E-state index in [2.05, 4.69) is 49.9 Å². The average Bonchev–Trinajstić information content (AvgIpc) is 3.04. The molecule has 22 heavy (non-hydrogen) atoms. The minimum absolute atomic E-state index is 0.299. The van der Waals surface area contributed by atoms with Crippen LogP contribution in [0.4, 0.5) is 0 Å². The first-order valence-electron chi connectivity index (χ1n) is 8.81. The second-order valence-electron chi connectivity index (χ2n) is 8.29. The summed E-state index contributed by atoms with van der Waals surface area (Å²) in [5.41, 5.74) is 3.17. The molecule has 0 saturated carbocycles. The first-order chi connectivity index (χ1) is 10.4. The Balaban J connectivity index is 1.65. The average molecular weight is 299 g/mol. The number of carbonyl (C=O) groups excluding carboxylic acids is 1. The van der Waals surface area contributed by atoms with Crippen molar-refractivity contribution in [3.63, 3.8) is 0 Å². The summed E-state index contributed by atoms with van der Waals surface area (Å²) in [5, 5.41) is 0. The minimum Gasteiger partial charge on any atom is -0.340 e. The van der Waals surface area contributed by atoms with Crippen LogP contribution in [0.25, 0.3) is 0 Å². The lowest BCUT2D eigenvalue weighted by molar-refractivity contribution is -0.132. The van der Waals surface area contributed by atoms with Gasteiger partial charge in [-0.3, -0.25) is 4.79 Å². The second-order valence-corrected chi connectivity index (χ2v) is 8.29. The van der Waals surface area contributed by atoms with Gasteiger partial charge in [-0.1, -0.05) is 45.0 Å². The number of hydrogen-bond donors (Lipinski definition) is 0. The van der Waals surface area contributed by atoms with Crippen LogP contribution >= 0.6 is 0 Å². The molecular weight excluding hydrogens is 270 g/mol. The number of benzene rings is 1. The van der Waals surface area contributed by atoms with Crippen LogP contribution in [0.2, 0.25) is 0 Å². The Morgan fingerprint density at radius 1 is 1.23 bits per heavy atom. The molecular formula is C20H29NO. The topological polar surface area (TPSA) is 20.3 Å². The Morgan fingerprint density at radius 2 is 2.00 bits per heavy atom. The molecule has 0 aromatic heterocycles. The van der Waals surface area contributed by atoms with Crippen molar-refractivity contribution >= 4 is 5.91 Å². The van der Waals surface area contributed by atoms with Crippen molar-refractivity contribution in [1.29, 1.82) is 0 Å². The summed E-state index contributed by atoms with van der Waals surface area (Å²) in [6, 6.07) is 9.13. The maximum absolute atomic E-state index is 12.8. The van der Waals surface area contributed by atoms with E-state index in [0.717, 1.165) is 25.8 Å². The lowest BCUT2D eigenvalue weighted by Gasteiger charge is -2.31. The van der Waals surface area contributed by atoms with Crippen LogP contribution in [-0.2, 0) is 11.2 Å². The van der Waals surface area contributed by atoms with Gasteiger partial charge in [-0.25, -0.2) is 0 Å². The molecule has 120 valence electrons. The Bertz CT molecular complexity index is 543. The van der Waals surface area contributed by atoms with E-state index in [-0.39, 0.29) is 0 Å². The van der Waals surface area contributed by atoms with Gasteiger partial charge in [-0.2, -0.15) is 0 Å². The largest absolute Gasteiger partial charge is 0.340 e. The maximum atomic E-state index is 12.8. The molecule has 1 heterocycles. The zero-order valence-corrected chi connectivity index (χ0v) is 14.3. The molecule has 0 bridgehead atoms. The van der Waals surface area contributed by atoms with Crippen LogP contribution in [-0.4, -0.2) is 23.4 Å². The van der Waals surface area contributed by atoms with Crippen LogP contribution in [0.5, 0.6) is 0 Å². The van der Waals surface area contributed by atoms with Crippen molar-refractivity contribution in [2.75, 3.05) is 6.54 Å². The molecule has 1 fully saturated rings. The van der Waals surface area contributed by atoms with E-state index in [1.54, 1.807) is 0 Å². The SMILES string of the molecule is CC(C)(C)CC1CCCN1C(=O)CC1CCc2ccccc21. The van der Waals surface area contributed by atoms with E-state index in [0.29, 0.717) is 29.7 Å². The van der Waals surface area contributed by atoms with E-state index in [1.807, 2.05) is 0 Å². The molecule has 0 radical (unpaired) electrons. The van der Waals surface area contributed by atoms with Gasteiger partial charge in [0, 0.05) is 19.0 Å². The molecule has 3 rings (SSSR count). The fourth-order valence-electron chi connectivity index (χ4n) is 4.27. The highest BCUT2D eigenvalue weighted by molar-refractivity contribution is 5.78. The van der Waals surface area contributed by atoms with Gasteiger partial charge in [0.05, 0.1) is 0 Å². The summed E-state index contributed by atoms with van der Waals surface area (Å²) in [7, 11) is 0. The molecule has 2 heteroatoms. The summed E-state index contributed by atoms with van der Waals surface area (Å²) in [4.78, 5) is 15.0. The summed E-state index contributed by atoms with van der Waals surface area (Å²) >= 11 is 0. The Kier molecular flexibility index (Phi) is 4.29. The van der Waals surface area contributed by atoms with Crippen molar-refractivity contribution < 1.29 is 4.79 Å². The molecule has 2 unspecified atom stereocenters. The number of likely N-dealkylation sites (tertiary alicyclic amines) is 1. The predicted octanol–water partition coefficient (Wildman–Crippen LogP) is 4.53. The van der Waals surface area contributed by atoms with Crippen LogP contribution in [0.15, 0.2) is 24.3 Å². The van der Waals surface area contributed by atoms with Gasteiger partial charge in [0.2, 0.25) is 5.91 Å². The smallest absolute Gasteiger partial charge is 0.223 e. The first kappa shape index (κ1) is 15.6. The molecule has 1 aromatic carbocycles. The van der Waals surface area contributed by atoms with Crippen molar-refractivity contribution in [2.24, 2.45) is 5.41 Å². The van der Waals surface area contributed by atoms with Crippen molar-refractivity contribution in [1.82, 2.24) is 4.90 Å². The van der Waals surface area contributed by atoms with Gasteiger partial charge < -0.3 is 4.90 Å². The minimum atomic E-state index is 0.299. The summed E-state index contributed by atoms with van der Waals surface area (Å²) in [5.74, 6) is 0.827. The molecule has 1 aromatic rings. The zero-order chi connectivity index (χ0) is 15.7. The van der Waals surface area contributed by atoms with Crippen LogP contribution in [0.1, 0.15) is 69.9 Å². The van der Waals surface area contributed by atoms with E-state index in [9.17, 15) is 4.79 Å². The molecule has 0 spiro atoms. The number of carbonyl (C=O) groups is 1. The third-order valence-electron chi connectivity index (χ3n) is 5.22. The lowest BCUT2D eigenvalue weighted by Crippen LogP contribution is -2.38. The molecule has 0 N–H and O–H groups in total. The molecule has 1 aliphatic heterocycles. The third-order valence-corrected chi connectivity index (χ3v) is 5.22. The fraction of sp³-hybridized carbons (Fsp3) is 0.650. The van der Waals surface area contributed by atoms with Crippen LogP contribution in [0.3, 0.4) is 0 Å². The van der Waals surface area contributed by atoms with E-state index >= 15 is 0 Å². The Morgan fingerprint density at radius 3 is 2.77 bits per heavy atom. The summed E-state index contributed by atoms with van der Waals surface area (Å²) in [6.07, 6.45) is 6.47. The molecule has 2 nitrogen and oxygen atoms in total. The highest BCUT2D eigenvalue weighted by atomic mass is 16.2. The Labute approximate surface area is 134 Å². The van der Waals surface area contributed by atoms with Gasteiger partial charge in [0.25, 0.3) is 0 Å². The van der Waals surface area contributed by atoms with Crippen molar-refractivity contribution in [3.05, 3.63) is 35.4 Å². The second kappa shape index (κ2) is 6.06. The number of hydrogen-bond acceptors (Lipinski definition) is 1. The third kappa shape index (κ3) is 3.37. The summed E-state index contributed by atoms with van der Waals surface area (Å²) < 4.78 is 0. The van der Waals surface area contributed by atoms with Gasteiger partial charge in [-0.05, 0) is 54.6 Å². The lowest BCUT2D eigenvalue weighted by atomic mass is 9.87. The number of amides is 1. The first-order valence-corrected chi connectivity index (χ1v) is 8.81. The van der Waals surface area contributed by atoms with Gasteiger partial charge >= 0.3 is 0 Å². The Hall–Kier alpha value is -1.31. The fourth-order valence-corrected chi connectivity index (χ4v) is 4.27. The van der Waals surface area contributed by atoms with Crippen LogP contribution < -0.4 is 0 Å². The summed E-state index contributed by atoms with van der Waals surface area (Å²) in [6.45, 7) is 7.80. The maximum Gasteiger partial charge on any atom is 0.223 e. The standard InChI is InChI=1S/C20H29NO/c1-20(2,3)14-17-8-6-12-21(17)19(22)13-16-11-10-15-7-4-5-9-18(15)16/h4-5,7,9,16-17H,6,8,10-14H2,1-3H3. The monoisotopic (exact) mass is 299 g/mol. The molecule has 2 atom stereocenters. The molecule has 2 aliphatic rings. The van der Waals surface area contributed by atoms with Gasteiger partial charge in [0.1, 0.15) is 0 Å². The highest BCUT2D eigenvalue weighted by Gasteiger charge is 2.33. The van der Waals surface area contributed by atoms with E-state index in [1.165, 1.54) is 24.0 Å². The number of rotatable bonds is 3. The van der Waals surface area contributed by atoms with Gasteiger partial charge in [-0.15, -0.1) is 0 Å². The van der Waals surface area contributed by atoms with E-state index in [4.69, 9.17) is 0 Å². The molecule has 1 amide bonds. The van der Waals surface area contributed by atoms with Crippen LogP contribution in [0, 0.1) is 5.41 Å². The predicted molar refractivity (Wildman–Crippen MR) is 90.9 cm³/mol. The van der Waals surface area contributed by atoms with Gasteiger partial charge in [0.15, 0.2) is 0 Å². The van der Waals surface area contributed by atoms with Crippen molar-refractivity contribution in [2.45, 2.75) is 71.3 Å². The molecule has 1 aliphatic carbocycles. The normalized spacial score (nSPS) is 24.6. The van der Waals surface area contributed by atoms with E-state index < -0.39 is 0 Å². The number of fused-ring (bicyclic) bond motifs is 1. The number of nitrogens with zero attached hydrogens (tertiary/aromatic N) is 1. The zero-order valence-electron chi connectivity index (χ0n) is 14.3. The quantitative estimate of drug-likeness (QED) is 0.802. The number of aryl methyl sites for hydroxylation is 1.